The van der Waals surface area contributed by atoms with Crippen molar-refractivity contribution in [2.45, 2.75) is 114 Å². The van der Waals surface area contributed by atoms with Crippen molar-refractivity contribution in [1.82, 2.24) is 37.2 Å². The highest BCUT2D eigenvalue weighted by Gasteiger charge is 2.35. The lowest BCUT2D eigenvalue weighted by Gasteiger charge is -2.27. The Morgan fingerprint density at radius 2 is 0.929 bits per heavy atom. The van der Waals surface area contributed by atoms with Crippen molar-refractivity contribution in [3.8, 4) is 0 Å². The lowest BCUT2D eigenvalue weighted by Crippen LogP contribution is -2.61. The number of nitrogens with one attached hydrogen (secondary N) is 7. The Morgan fingerprint density at radius 3 is 1.36 bits per heavy atom. The van der Waals surface area contributed by atoms with Gasteiger partial charge in [0.05, 0.1) is 44.3 Å². The van der Waals surface area contributed by atoms with Crippen LogP contribution >= 0.6 is 0 Å². The molecule has 0 spiro atoms. The Morgan fingerprint density at radius 1 is 0.518 bits per heavy atom. The zero-order valence-corrected chi connectivity index (χ0v) is 31.3. The number of nitrogens with two attached hydrogens (primary N) is 2. The number of aliphatic hydroxyl groups excluding tert-OH is 4. The maximum Gasteiger partial charge on any atom is 0.328 e. The number of amides is 8. The molecule has 0 saturated heterocycles. The van der Waals surface area contributed by atoms with Crippen LogP contribution in [-0.2, 0) is 47.9 Å². The van der Waals surface area contributed by atoms with Crippen LogP contribution in [0.4, 0.5) is 0 Å². The van der Waals surface area contributed by atoms with E-state index < -0.39 is 146 Å². The summed E-state index contributed by atoms with van der Waals surface area (Å²) in [6, 6.07) is -13.5. The lowest BCUT2D eigenvalue weighted by molar-refractivity contribution is -0.145. The fourth-order valence-corrected chi connectivity index (χ4v) is 4.57. The Labute approximate surface area is 320 Å². The van der Waals surface area contributed by atoms with Crippen molar-refractivity contribution < 1.29 is 78.6 Å². The van der Waals surface area contributed by atoms with Crippen LogP contribution in [0.3, 0.4) is 0 Å². The Balaban J connectivity index is 5.86. The van der Waals surface area contributed by atoms with E-state index in [1.807, 2.05) is 10.6 Å². The SMILES string of the molecule is CC(C)C[C@H](NC(=O)[C@H](CC(N)=O)NC(=O)[C@@H](NC(=O)[C@@H](N)CC(=O)O)[C@@H](C)O)C(=O)N[C@@H](C)C(=O)N[C@@H](CO)C(=O)N[C@@H](CO)C(=O)N[C@H](C(=O)O)[C@@H](C)O. The highest BCUT2D eigenvalue weighted by Crippen LogP contribution is 2.08. The van der Waals surface area contributed by atoms with E-state index in [0.717, 1.165) is 20.8 Å². The molecule has 25 heteroatoms. The molecule has 0 aromatic carbocycles. The quantitative estimate of drug-likeness (QED) is 0.0407. The van der Waals surface area contributed by atoms with Gasteiger partial charge in [-0.1, -0.05) is 13.8 Å². The molecule has 0 fully saturated rings. The second-order valence-electron chi connectivity index (χ2n) is 13.1. The molecule has 0 bridgehead atoms. The highest BCUT2D eigenvalue weighted by molar-refractivity contribution is 5.98. The fourth-order valence-electron chi connectivity index (χ4n) is 4.57. The van der Waals surface area contributed by atoms with Gasteiger partial charge in [-0.25, -0.2) is 4.79 Å². The van der Waals surface area contributed by atoms with Crippen molar-refractivity contribution in [2.75, 3.05) is 13.2 Å². The average Bonchev–Trinajstić information content (AvgIpc) is 3.08. The molecule has 0 unspecified atom stereocenters. The first kappa shape index (κ1) is 50.5. The van der Waals surface area contributed by atoms with Gasteiger partial charge in [0.25, 0.3) is 0 Å². The smallest absolute Gasteiger partial charge is 0.328 e. The standard InChI is InChI=1S/C31H53N9O16/c1-11(2)6-16(35-27(51)17(8-20(33)45)36-30(54)22(13(4)43)39-25(49)15(32)7-21(46)47)26(50)34-12(3)24(48)37-18(9-41)28(52)38-19(10-42)29(53)40-23(14(5)44)31(55)56/h11-19,22-23,41-44H,6-10,32H2,1-5H3,(H2,33,45)(H,34,50)(H,35,51)(H,36,54)(H,37,48)(H,38,52)(H,39,49)(H,40,53)(H,46,47)(H,55,56)/t12-,13+,14+,15-,16-,17-,18-,19-,22-,23-/m0/s1. The molecule has 0 aliphatic carbocycles. The first-order chi connectivity index (χ1) is 25.9. The van der Waals surface area contributed by atoms with E-state index in [9.17, 15) is 68.4 Å². The molecule has 0 aromatic heterocycles. The maximum atomic E-state index is 13.3. The first-order valence-electron chi connectivity index (χ1n) is 17.0. The number of hydrogen-bond acceptors (Lipinski definition) is 15. The molecule has 0 heterocycles. The lowest BCUT2D eigenvalue weighted by atomic mass is 10.0. The summed E-state index contributed by atoms with van der Waals surface area (Å²) < 4.78 is 0. The summed E-state index contributed by atoms with van der Waals surface area (Å²) in [7, 11) is 0. The number of carboxylic acid groups (broad SMARTS) is 2. The summed E-state index contributed by atoms with van der Waals surface area (Å²) >= 11 is 0. The minimum absolute atomic E-state index is 0.0823. The largest absolute Gasteiger partial charge is 0.481 e. The van der Waals surface area contributed by atoms with E-state index in [-0.39, 0.29) is 12.3 Å². The van der Waals surface area contributed by atoms with Gasteiger partial charge in [0.2, 0.25) is 47.3 Å². The number of aliphatic carboxylic acids is 2. The summed E-state index contributed by atoms with van der Waals surface area (Å²) in [6.07, 6.45) is -4.93. The number of aliphatic hydroxyl groups is 4. The van der Waals surface area contributed by atoms with Gasteiger partial charge in [-0.3, -0.25) is 43.2 Å². The Kier molecular flexibility index (Phi) is 21.7. The van der Waals surface area contributed by atoms with Gasteiger partial charge < -0.3 is 79.3 Å². The topological polar surface area (TPSA) is 428 Å². The molecule has 318 valence electrons. The van der Waals surface area contributed by atoms with Gasteiger partial charge >= 0.3 is 11.9 Å². The minimum atomic E-state index is -1.80. The van der Waals surface area contributed by atoms with Gasteiger partial charge in [-0.2, -0.15) is 0 Å². The van der Waals surface area contributed by atoms with Crippen molar-refractivity contribution in [2.24, 2.45) is 17.4 Å². The normalized spacial score (nSPS) is 16.4. The van der Waals surface area contributed by atoms with Crippen molar-refractivity contribution in [1.29, 1.82) is 0 Å². The third kappa shape index (κ3) is 17.8. The first-order valence-corrected chi connectivity index (χ1v) is 17.0. The van der Waals surface area contributed by atoms with Crippen LogP contribution in [-0.4, -0.2) is 164 Å². The third-order valence-electron chi connectivity index (χ3n) is 7.60. The van der Waals surface area contributed by atoms with E-state index in [2.05, 4.69) is 26.6 Å². The van der Waals surface area contributed by atoms with Gasteiger partial charge in [0.1, 0.15) is 36.3 Å². The van der Waals surface area contributed by atoms with Crippen LogP contribution in [0.15, 0.2) is 0 Å². The van der Waals surface area contributed by atoms with Crippen LogP contribution in [0.1, 0.15) is 53.9 Å². The molecular formula is C31H53N9O16. The van der Waals surface area contributed by atoms with Crippen LogP contribution in [0.2, 0.25) is 0 Å². The summed E-state index contributed by atoms with van der Waals surface area (Å²) in [6.45, 7) is 4.50. The fraction of sp³-hybridized carbons (Fsp3) is 0.677. The molecule has 10 atom stereocenters. The molecule has 0 aliphatic rings. The minimum Gasteiger partial charge on any atom is -0.481 e. The molecule has 56 heavy (non-hydrogen) atoms. The zero-order valence-electron chi connectivity index (χ0n) is 31.3. The van der Waals surface area contributed by atoms with Gasteiger partial charge in [-0.15, -0.1) is 0 Å². The molecule has 17 N–H and O–H groups in total. The van der Waals surface area contributed by atoms with Crippen molar-refractivity contribution >= 4 is 59.2 Å². The summed E-state index contributed by atoms with van der Waals surface area (Å²) in [4.78, 5) is 124. The van der Waals surface area contributed by atoms with Crippen LogP contribution in [0.5, 0.6) is 0 Å². The van der Waals surface area contributed by atoms with Crippen LogP contribution in [0, 0.1) is 5.92 Å². The predicted octanol–water partition coefficient (Wildman–Crippen LogP) is -8.05. The number of rotatable bonds is 25. The van der Waals surface area contributed by atoms with Gasteiger partial charge in [0, 0.05) is 0 Å². The van der Waals surface area contributed by atoms with Crippen LogP contribution in [0.25, 0.3) is 0 Å². The van der Waals surface area contributed by atoms with Crippen molar-refractivity contribution in [3.63, 3.8) is 0 Å². The number of primary amides is 1. The second kappa shape index (κ2) is 24.1. The molecule has 8 amide bonds. The van der Waals surface area contributed by atoms with Crippen molar-refractivity contribution in [3.05, 3.63) is 0 Å². The highest BCUT2D eigenvalue weighted by atomic mass is 16.4. The maximum absolute atomic E-state index is 13.3. The monoisotopic (exact) mass is 807 g/mol. The van der Waals surface area contributed by atoms with E-state index in [4.69, 9.17) is 21.7 Å². The molecule has 0 radical (unpaired) electrons. The van der Waals surface area contributed by atoms with Gasteiger partial charge in [-0.05, 0) is 33.1 Å². The third-order valence-corrected chi connectivity index (χ3v) is 7.60. The number of carbonyl (C=O) groups excluding carboxylic acids is 8. The second-order valence-corrected chi connectivity index (χ2v) is 13.1. The zero-order chi connectivity index (χ0) is 43.6. The molecule has 0 rings (SSSR count). The molecule has 0 aromatic rings. The molecule has 0 saturated carbocycles. The number of carboxylic acids is 2. The number of carbonyl (C=O) groups is 10. The Bertz CT molecular complexity index is 1440. The Hall–Kier alpha value is -5.50. The van der Waals surface area contributed by atoms with E-state index >= 15 is 0 Å². The average molecular weight is 808 g/mol. The summed E-state index contributed by atoms with van der Waals surface area (Å²) in [5.41, 5.74) is 10.7. The van der Waals surface area contributed by atoms with E-state index in [1.165, 1.54) is 0 Å². The summed E-state index contributed by atoms with van der Waals surface area (Å²) in [5.74, 6) is -12.4. The predicted molar refractivity (Wildman–Crippen MR) is 188 cm³/mol. The molecule has 0 aliphatic heterocycles. The number of hydrogen-bond donors (Lipinski definition) is 15. The van der Waals surface area contributed by atoms with E-state index in [1.54, 1.807) is 13.8 Å². The molecule has 25 nitrogen and oxygen atoms in total. The molecular weight excluding hydrogens is 754 g/mol. The summed E-state index contributed by atoms with van der Waals surface area (Å²) in [5, 5.41) is 71.8. The van der Waals surface area contributed by atoms with E-state index in [0.29, 0.717) is 0 Å². The van der Waals surface area contributed by atoms with Crippen LogP contribution < -0.4 is 48.7 Å². The van der Waals surface area contributed by atoms with Gasteiger partial charge in [0.15, 0.2) is 6.04 Å².